The van der Waals surface area contributed by atoms with Gasteiger partial charge in [-0.2, -0.15) is 0 Å². The fourth-order valence-corrected chi connectivity index (χ4v) is 0.687. The largest absolute Gasteiger partial charge is 0.496 e. The molecule has 0 rings (SSSR count). The van der Waals surface area contributed by atoms with E-state index in [-0.39, 0.29) is 13.2 Å². The van der Waals surface area contributed by atoms with Crippen molar-refractivity contribution in [2.45, 2.75) is 32.8 Å². The summed E-state index contributed by atoms with van der Waals surface area (Å²) in [7, 11) is 0. The molecule has 3 heteroatoms. The van der Waals surface area contributed by atoms with Gasteiger partial charge >= 0.3 is 0 Å². The summed E-state index contributed by atoms with van der Waals surface area (Å²) in [5, 5.41) is 17.4. The van der Waals surface area contributed by atoms with Crippen molar-refractivity contribution in [2.24, 2.45) is 0 Å². The van der Waals surface area contributed by atoms with Crippen LogP contribution in [0, 0.1) is 0 Å². The van der Waals surface area contributed by atoms with Gasteiger partial charge in [-0.25, -0.2) is 0 Å². The van der Waals surface area contributed by atoms with Crippen LogP contribution in [0.15, 0.2) is 11.8 Å². The summed E-state index contributed by atoms with van der Waals surface area (Å²) < 4.78 is 5.15. The van der Waals surface area contributed by atoms with Gasteiger partial charge in [-0.15, -0.1) is 0 Å². The van der Waals surface area contributed by atoms with Crippen molar-refractivity contribution >= 4 is 0 Å². The van der Waals surface area contributed by atoms with Gasteiger partial charge < -0.3 is 14.9 Å². The molecule has 0 aliphatic carbocycles. The first kappa shape index (κ1) is 11.5. The van der Waals surface area contributed by atoms with E-state index in [0.717, 1.165) is 18.6 Å². The number of allylic oxidation sites excluding steroid dienone is 2. The number of rotatable bonds is 6. The van der Waals surface area contributed by atoms with E-state index in [4.69, 9.17) is 14.9 Å². The molecule has 0 bridgehead atoms. The molecule has 12 heavy (non-hydrogen) atoms. The van der Waals surface area contributed by atoms with Crippen LogP contribution >= 0.6 is 0 Å². The van der Waals surface area contributed by atoms with Crippen LogP contribution in [0.3, 0.4) is 0 Å². The third-order valence-electron chi connectivity index (χ3n) is 1.43. The molecule has 0 saturated heterocycles. The highest BCUT2D eigenvalue weighted by Gasteiger charge is 2.01. The summed E-state index contributed by atoms with van der Waals surface area (Å²) in [4.78, 5) is 0. The van der Waals surface area contributed by atoms with Gasteiger partial charge in [0.1, 0.15) is 12.7 Å². The highest BCUT2D eigenvalue weighted by Crippen LogP contribution is 2.00. The minimum absolute atomic E-state index is 0.169. The molecule has 0 aliphatic heterocycles. The molecule has 0 spiro atoms. The summed E-state index contributed by atoms with van der Waals surface area (Å²) >= 11 is 0. The van der Waals surface area contributed by atoms with Crippen LogP contribution in [0.1, 0.15) is 26.7 Å². The number of unbranched alkanes of at least 4 members (excludes halogenated alkanes) is 1. The van der Waals surface area contributed by atoms with Crippen LogP contribution in [0.4, 0.5) is 0 Å². The lowest BCUT2D eigenvalue weighted by Gasteiger charge is -2.09. The molecule has 0 radical (unpaired) electrons. The number of aliphatic hydroxyl groups excluding tert-OH is 2. The molecule has 0 aromatic carbocycles. The molecule has 0 fully saturated rings. The Morgan fingerprint density at radius 1 is 1.58 bits per heavy atom. The van der Waals surface area contributed by atoms with Crippen LogP contribution < -0.4 is 0 Å². The fraction of sp³-hybridized carbons (Fsp3) is 0.778. The first-order chi connectivity index (χ1) is 5.70. The minimum Gasteiger partial charge on any atom is -0.496 e. The summed E-state index contributed by atoms with van der Waals surface area (Å²) in [6, 6.07) is 0. The quantitative estimate of drug-likeness (QED) is 0.592. The zero-order valence-electron chi connectivity index (χ0n) is 7.79. The van der Waals surface area contributed by atoms with Gasteiger partial charge in [0.05, 0.1) is 12.4 Å². The second-order valence-corrected chi connectivity index (χ2v) is 2.75. The van der Waals surface area contributed by atoms with Crippen LogP contribution in [-0.2, 0) is 4.74 Å². The number of aliphatic hydroxyl groups is 2. The molecule has 0 aliphatic rings. The molecule has 0 amide bonds. The SMILES string of the molecule is CCCC=C(C)OCC(O)CO. The first-order valence-electron chi connectivity index (χ1n) is 4.29. The maximum atomic E-state index is 8.93. The van der Waals surface area contributed by atoms with Crippen molar-refractivity contribution in [3.63, 3.8) is 0 Å². The topological polar surface area (TPSA) is 49.7 Å². The lowest BCUT2D eigenvalue weighted by Crippen LogP contribution is -2.18. The Hall–Kier alpha value is -0.540. The Bertz CT molecular complexity index is 132. The molecule has 0 aromatic heterocycles. The summed E-state index contributed by atoms with van der Waals surface area (Å²) in [6.07, 6.45) is 3.28. The van der Waals surface area contributed by atoms with E-state index in [0.29, 0.717) is 0 Å². The van der Waals surface area contributed by atoms with Crippen molar-refractivity contribution in [1.82, 2.24) is 0 Å². The normalized spacial score (nSPS) is 14.5. The van der Waals surface area contributed by atoms with E-state index < -0.39 is 6.10 Å². The summed E-state index contributed by atoms with van der Waals surface area (Å²) in [5.41, 5.74) is 0. The van der Waals surface area contributed by atoms with Crippen LogP contribution in [0.2, 0.25) is 0 Å². The molecule has 1 atom stereocenters. The molecule has 0 heterocycles. The lowest BCUT2D eigenvalue weighted by molar-refractivity contribution is 0.0304. The fourth-order valence-electron chi connectivity index (χ4n) is 0.687. The van der Waals surface area contributed by atoms with E-state index in [9.17, 15) is 0 Å². The van der Waals surface area contributed by atoms with Crippen molar-refractivity contribution in [1.29, 1.82) is 0 Å². The molecular formula is C9H18O3. The van der Waals surface area contributed by atoms with Gasteiger partial charge in [-0.3, -0.25) is 0 Å². The number of hydrogen-bond donors (Lipinski definition) is 2. The zero-order chi connectivity index (χ0) is 9.40. The molecular weight excluding hydrogens is 156 g/mol. The Morgan fingerprint density at radius 2 is 2.25 bits per heavy atom. The van der Waals surface area contributed by atoms with Crippen molar-refractivity contribution in [2.75, 3.05) is 13.2 Å². The van der Waals surface area contributed by atoms with E-state index in [2.05, 4.69) is 6.92 Å². The molecule has 0 aromatic rings. The minimum atomic E-state index is -0.769. The number of ether oxygens (including phenoxy) is 1. The second-order valence-electron chi connectivity index (χ2n) is 2.75. The predicted molar refractivity (Wildman–Crippen MR) is 47.7 cm³/mol. The van der Waals surface area contributed by atoms with Gasteiger partial charge in [-0.1, -0.05) is 13.3 Å². The Labute approximate surface area is 73.7 Å². The maximum Gasteiger partial charge on any atom is 0.116 e. The predicted octanol–water partition coefficient (Wildman–Crippen LogP) is 1.06. The van der Waals surface area contributed by atoms with E-state index in [1.807, 2.05) is 13.0 Å². The van der Waals surface area contributed by atoms with Gasteiger partial charge in [-0.05, 0) is 19.4 Å². The summed E-state index contributed by atoms with van der Waals surface area (Å²) in [5.74, 6) is 0.810. The standard InChI is InChI=1S/C9H18O3/c1-3-4-5-8(2)12-7-9(11)6-10/h5,9-11H,3-4,6-7H2,1-2H3. The van der Waals surface area contributed by atoms with Gasteiger partial charge in [0.15, 0.2) is 0 Å². The van der Waals surface area contributed by atoms with Crippen LogP contribution in [-0.4, -0.2) is 29.5 Å². The Kier molecular flexibility index (Phi) is 6.81. The number of hydrogen-bond acceptors (Lipinski definition) is 3. The molecule has 3 nitrogen and oxygen atoms in total. The van der Waals surface area contributed by atoms with Crippen LogP contribution in [0.5, 0.6) is 0 Å². The van der Waals surface area contributed by atoms with Crippen LogP contribution in [0.25, 0.3) is 0 Å². The van der Waals surface area contributed by atoms with E-state index in [1.54, 1.807) is 0 Å². The third kappa shape index (κ3) is 6.19. The van der Waals surface area contributed by atoms with E-state index >= 15 is 0 Å². The smallest absolute Gasteiger partial charge is 0.116 e. The Balaban J connectivity index is 3.48. The highest BCUT2D eigenvalue weighted by atomic mass is 16.5. The third-order valence-corrected chi connectivity index (χ3v) is 1.43. The zero-order valence-corrected chi connectivity index (χ0v) is 7.79. The first-order valence-corrected chi connectivity index (χ1v) is 4.29. The lowest BCUT2D eigenvalue weighted by atomic mass is 10.3. The average molecular weight is 174 g/mol. The Morgan fingerprint density at radius 3 is 2.75 bits per heavy atom. The monoisotopic (exact) mass is 174 g/mol. The molecule has 2 N–H and O–H groups in total. The second kappa shape index (κ2) is 7.13. The molecule has 1 unspecified atom stereocenters. The van der Waals surface area contributed by atoms with Crippen molar-refractivity contribution in [3.05, 3.63) is 11.8 Å². The van der Waals surface area contributed by atoms with Crippen molar-refractivity contribution in [3.8, 4) is 0 Å². The van der Waals surface area contributed by atoms with Crippen molar-refractivity contribution < 1.29 is 14.9 Å². The average Bonchev–Trinajstić information content (AvgIpc) is 2.10. The van der Waals surface area contributed by atoms with Gasteiger partial charge in [0, 0.05) is 0 Å². The molecule has 0 saturated carbocycles. The van der Waals surface area contributed by atoms with Gasteiger partial charge in [0.2, 0.25) is 0 Å². The summed E-state index contributed by atoms with van der Waals surface area (Å²) in [6.45, 7) is 3.86. The van der Waals surface area contributed by atoms with Gasteiger partial charge in [0.25, 0.3) is 0 Å². The highest BCUT2D eigenvalue weighted by molar-refractivity contribution is 4.88. The van der Waals surface area contributed by atoms with E-state index in [1.165, 1.54) is 0 Å². The maximum absolute atomic E-state index is 8.93. The molecule has 72 valence electrons.